The molecule has 0 spiro atoms. The molecular weight excluding hydrogens is 248 g/mol. The summed E-state index contributed by atoms with van der Waals surface area (Å²) < 4.78 is 5.63. The molecule has 0 radical (unpaired) electrons. The minimum absolute atomic E-state index is 0. The van der Waals surface area contributed by atoms with Crippen LogP contribution in [-0.2, 0) is 6.42 Å². The molecule has 0 unspecified atom stereocenters. The molecule has 0 fully saturated rings. The maximum absolute atomic E-state index is 8.56. The fraction of sp³-hybridized carbons (Fsp3) is 0.0714. The fourth-order valence-corrected chi connectivity index (χ4v) is 1.44. The number of hydrogen-bond donors (Lipinski definition) is 1. The van der Waals surface area contributed by atoms with E-state index in [9.17, 15) is 0 Å². The summed E-state index contributed by atoms with van der Waals surface area (Å²) in [7, 11) is 0. The van der Waals surface area contributed by atoms with E-state index in [0.29, 0.717) is 12.1 Å². The second-order valence-electron chi connectivity index (χ2n) is 3.65. The van der Waals surface area contributed by atoms with Gasteiger partial charge in [0.25, 0.3) is 0 Å². The molecule has 2 N–H and O–H groups in total. The Labute approximate surface area is 112 Å². The van der Waals surface area contributed by atoms with E-state index in [1.165, 1.54) is 0 Å². The summed E-state index contributed by atoms with van der Waals surface area (Å²) in [5.74, 6) is 1.49. The van der Waals surface area contributed by atoms with Gasteiger partial charge in [0, 0.05) is 5.69 Å². The van der Waals surface area contributed by atoms with E-state index in [0.717, 1.165) is 17.1 Å². The van der Waals surface area contributed by atoms with Gasteiger partial charge in [0.15, 0.2) is 0 Å². The van der Waals surface area contributed by atoms with Crippen molar-refractivity contribution in [2.24, 2.45) is 0 Å². The third-order valence-corrected chi connectivity index (χ3v) is 2.32. The standard InChI is InChI=1S/C14H12N2O.ClH/c15-10-9-11-1-5-13(6-2-11)17-14-7-3-12(16)4-8-14;/h1-8H,9,16H2;1H. The molecule has 0 aliphatic heterocycles. The van der Waals surface area contributed by atoms with Crippen molar-refractivity contribution >= 4 is 18.1 Å². The predicted molar refractivity (Wildman–Crippen MR) is 73.9 cm³/mol. The molecule has 0 saturated carbocycles. The van der Waals surface area contributed by atoms with Gasteiger partial charge in [0.2, 0.25) is 0 Å². The monoisotopic (exact) mass is 260 g/mol. The van der Waals surface area contributed by atoms with E-state index < -0.39 is 0 Å². The van der Waals surface area contributed by atoms with Crippen molar-refractivity contribution in [2.75, 3.05) is 5.73 Å². The van der Waals surface area contributed by atoms with Gasteiger partial charge in [-0.05, 0) is 42.0 Å². The number of halogens is 1. The van der Waals surface area contributed by atoms with Crippen LogP contribution in [0.25, 0.3) is 0 Å². The highest BCUT2D eigenvalue weighted by Crippen LogP contribution is 2.22. The molecule has 4 heteroatoms. The SMILES string of the molecule is Cl.N#CCc1ccc(Oc2ccc(N)cc2)cc1. The lowest BCUT2D eigenvalue weighted by atomic mass is 10.2. The molecule has 0 heterocycles. The topological polar surface area (TPSA) is 59.0 Å². The van der Waals surface area contributed by atoms with Crippen LogP contribution in [0.4, 0.5) is 5.69 Å². The third-order valence-electron chi connectivity index (χ3n) is 2.32. The highest BCUT2D eigenvalue weighted by Gasteiger charge is 1.97. The Morgan fingerprint density at radius 1 is 0.944 bits per heavy atom. The van der Waals surface area contributed by atoms with E-state index in [-0.39, 0.29) is 12.4 Å². The fourth-order valence-electron chi connectivity index (χ4n) is 1.44. The van der Waals surface area contributed by atoms with Gasteiger partial charge in [-0.15, -0.1) is 12.4 Å². The van der Waals surface area contributed by atoms with Crippen LogP contribution in [0.3, 0.4) is 0 Å². The molecule has 2 aromatic rings. The van der Waals surface area contributed by atoms with Crippen molar-refractivity contribution in [1.82, 2.24) is 0 Å². The number of hydrogen-bond acceptors (Lipinski definition) is 3. The van der Waals surface area contributed by atoms with E-state index in [2.05, 4.69) is 6.07 Å². The number of benzene rings is 2. The number of anilines is 1. The molecule has 0 amide bonds. The second-order valence-corrected chi connectivity index (χ2v) is 3.65. The molecule has 3 nitrogen and oxygen atoms in total. The highest BCUT2D eigenvalue weighted by molar-refractivity contribution is 5.85. The van der Waals surface area contributed by atoms with Crippen LogP contribution in [0.1, 0.15) is 5.56 Å². The minimum atomic E-state index is 0. The van der Waals surface area contributed by atoms with E-state index in [1.807, 2.05) is 36.4 Å². The molecule has 0 aromatic heterocycles. The van der Waals surface area contributed by atoms with E-state index in [1.54, 1.807) is 12.1 Å². The second kappa shape index (κ2) is 6.53. The molecule has 18 heavy (non-hydrogen) atoms. The van der Waals surface area contributed by atoms with Crippen LogP contribution >= 0.6 is 12.4 Å². The molecule has 0 aliphatic rings. The van der Waals surface area contributed by atoms with Gasteiger partial charge in [-0.1, -0.05) is 12.1 Å². The molecule has 0 atom stereocenters. The number of rotatable bonds is 3. The first-order valence-corrected chi connectivity index (χ1v) is 5.27. The van der Waals surface area contributed by atoms with Gasteiger partial charge in [-0.2, -0.15) is 5.26 Å². The summed E-state index contributed by atoms with van der Waals surface area (Å²) in [6, 6.07) is 16.8. The number of nitriles is 1. The normalized spacial score (nSPS) is 9.06. The van der Waals surface area contributed by atoms with Crippen molar-refractivity contribution in [3.63, 3.8) is 0 Å². The van der Waals surface area contributed by atoms with Crippen molar-refractivity contribution in [2.45, 2.75) is 6.42 Å². The third kappa shape index (κ3) is 3.69. The molecule has 2 rings (SSSR count). The quantitative estimate of drug-likeness (QED) is 0.859. The highest BCUT2D eigenvalue weighted by atomic mass is 35.5. The minimum Gasteiger partial charge on any atom is -0.457 e. The number of nitrogens with zero attached hydrogens (tertiary/aromatic N) is 1. The Hall–Kier alpha value is -2.18. The number of nitrogens with two attached hydrogens (primary N) is 1. The van der Waals surface area contributed by atoms with Crippen LogP contribution in [0.5, 0.6) is 11.5 Å². The van der Waals surface area contributed by atoms with Crippen molar-refractivity contribution < 1.29 is 4.74 Å². The summed E-state index contributed by atoms with van der Waals surface area (Å²) in [5.41, 5.74) is 7.28. The largest absolute Gasteiger partial charge is 0.457 e. The molecule has 0 aliphatic carbocycles. The van der Waals surface area contributed by atoms with Crippen LogP contribution < -0.4 is 10.5 Å². The van der Waals surface area contributed by atoms with Gasteiger partial charge >= 0.3 is 0 Å². The van der Waals surface area contributed by atoms with Crippen molar-refractivity contribution in [3.8, 4) is 17.6 Å². The van der Waals surface area contributed by atoms with Gasteiger partial charge in [0.05, 0.1) is 12.5 Å². The Morgan fingerprint density at radius 3 is 1.94 bits per heavy atom. The zero-order valence-corrected chi connectivity index (χ0v) is 10.5. The van der Waals surface area contributed by atoms with Crippen LogP contribution in [0.15, 0.2) is 48.5 Å². The molecule has 0 saturated heterocycles. The Bertz CT molecular complexity index is 529. The maximum Gasteiger partial charge on any atom is 0.127 e. The first-order chi connectivity index (χ1) is 8.28. The molecule has 2 aromatic carbocycles. The Kier molecular flexibility index (Phi) is 5.04. The smallest absolute Gasteiger partial charge is 0.127 e. The molecular formula is C14H13ClN2O. The van der Waals surface area contributed by atoms with Gasteiger partial charge < -0.3 is 10.5 Å². The van der Waals surface area contributed by atoms with Gasteiger partial charge in [-0.3, -0.25) is 0 Å². The summed E-state index contributed by atoms with van der Waals surface area (Å²) in [6.45, 7) is 0. The lowest BCUT2D eigenvalue weighted by Gasteiger charge is -2.06. The number of nitrogen functional groups attached to an aromatic ring is 1. The lowest BCUT2D eigenvalue weighted by molar-refractivity contribution is 0.482. The van der Waals surface area contributed by atoms with E-state index in [4.69, 9.17) is 15.7 Å². The van der Waals surface area contributed by atoms with Crippen LogP contribution in [0.2, 0.25) is 0 Å². The van der Waals surface area contributed by atoms with Gasteiger partial charge in [0.1, 0.15) is 11.5 Å². The average molecular weight is 261 g/mol. The first-order valence-electron chi connectivity index (χ1n) is 5.27. The predicted octanol–water partition coefficient (Wildman–Crippen LogP) is 3.55. The molecule has 0 bridgehead atoms. The van der Waals surface area contributed by atoms with Gasteiger partial charge in [-0.25, -0.2) is 0 Å². The first kappa shape index (κ1) is 13.9. The number of ether oxygens (including phenoxy) is 1. The van der Waals surface area contributed by atoms with Crippen LogP contribution in [0, 0.1) is 11.3 Å². The van der Waals surface area contributed by atoms with Crippen molar-refractivity contribution in [3.05, 3.63) is 54.1 Å². The zero-order valence-electron chi connectivity index (χ0n) is 9.67. The summed E-state index contributed by atoms with van der Waals surface area (Å²) >= 11 is 0. The zero-order chi connectivity index (χ0) is 12.1. The summed E-state index contributed by atoms with van der Waals surface area (Å²) in [5, 5.41) is 8.56. The van der Waals surface area contributed by atoms with Crippen LogP contribution in [-0.4, -0.2) is 0 Å². The summed E-state index contributed by atoms with van der Waals surface area (Å²) in [4.78, 5) is 0. The Balaban J connectivity index is 0.00000162. The molecule has 92 valence electrons. The summed E-state index contributed by atoms with van der Waals surface area (Å²) in [6.07, 6.45) is 0.419. The Morgan fingerprint density at radius 2 is 1.44 bits per heavy atom. The maximum atomic E-state index is 8.56. The lowest BCUT2D eigenvalue weighted by Crippen LogP contribution is -1.87. The van der Waals surface area contributed by atoms with Crippen molar-refractivity contribution in [1.29, 1.82) is 5.26 Å². The van der Waals surface area contributed by atoms with E-state index >= 15 is 0 Å². The average Bonchev–Trinajstić information content (AvgIpc) is 2.35.